The van der Waals surface area contributed by atoms with Gasteiger partial charge in [0.05, 0.1) is 0 Å². The van der Waals surface area contributed by atoms with Crippen LogP contribution >= 0.6 is 11.8 Å². The third-order valence-electron chi connectivity index (χ3n) is 1.05. The first-order valence-electron chi connectivity index (χ1n) is 2.27. The van der Waals surface area contributed by atoms with E-state index < -0.39 is 0 Å². The van der Waals surface area contributed by atoms with Gasteiger partial charge in [-0.2, -0.15) is 0 Å². The van der Waals surface area contributed by atoms with E-state index in [9.17, 15) is 0 Å². The lowest BCUT2D eigenvalue weighted by molar-refractivity contribution is 0.300. The molecule has 1 atom stereocenters. The summed E-state index contributed by atoms with van der Waals surface area (Å²) in [6.45, 7) is 1.95. The molecule has 1 N–H and O–H groups in total. The van der Waals surface area contributed by atoms with E-state index in [1.54, 1.807) is 11.8 Å². The van der Waals surface area contributed by atoms with Crippen LogP contribution < -0.4 is 0 Å². The minimum Gasteiger partial charge on any atom is -0.378 e. The molecule has 1 nitrogen and oxygen atoms in total. The van der Waals surface area contributed by atoms with Crippen molar-refractivity contribution in [3.63, 3.8) is 0 Å². The van der Waals surface area contributed by atoms with Crippen LogP contribution in [-0.2, 0) is 0 Å². The first-order valence-corrected chi connectivity index (χ1v) is 3.32. The Labute approximate surface area is 47.4 Å². The van der Waals surface area contributed by atoms with Gasteiger partial charge in [0.1, 0.15) is 5.44 Å². The van der Waals surface area contributed by atoms with Crippen LogP contribution in [0, 0.1) is 0 Å². The quantitative estimate of drug-likeness (QED) is 0.476. The van der Waals surface area contributed by atoms with Gasteiger partial charge in [0.15, 0.2) is 0 Å². The van der Waals surface area contributed by atoms with Gasteiger partial charge in [-0.05, 0) is 12.5 Å². The summed E-state index contributed by atoms with van der Waals surface area (Å²) < 4.78 is 0. The molecular weight excluding hydrogens is 108 g/mol. The van der Waals surface area contributed by atoms with E-state index in [0.29, 0.717) is 0 Å². The molecule has 1 aliphatic rings. The SMILES string of the molecule is CC1=CCSC1O. The van der Waals surface area contributed by atoms with Crippen LogP contribution in [-0.4, -0.2) is 16.3 Å². The average Bonchev–Trinajstić information content (AvgIpc) is 1.91. The Balaban J connectivity index is 2.54. The second-order valence-electron chi connectivity index (χ2n) is 1.63. The van der Waals surface area contributed by atoms with Crippen molar-refractivity contribution in [1.29, 1.82) is 0 Å². The van der Waals surface area contributed by atoms with E-state index in [1.807, 2.05) is 6.92 Å². The summed E-state index contributed by atoms with van der Waals surface area (Å²) in [6, 6.07) is 0. The van der Waals surface area contributed by atoms with Crippen molar-refractivity contribution < 1.29 is 5.11 Å². The lowest BCUT2D eigenvalue weighted by Crippen LogP contribution is -1.94. The molecule has 7 heavy (non-hydrogen) atoms. The van der Waals surface area contributed by atoms with Crippen molar-refractivity contribution in [3.05, 3.63) is 11.6 Å². The molecule has 2 heteroatoms. The molecule has 0 aromatic carbocycles. The third-order valence-corrected chi connectivity index (χ3v) is 2.10. The Hall–Kier alpha value is 0.0500. The molecule has 0 bridgehead atoms. The fourth-order valence-electron chi connectivity index (χ4n) is 0.503. The molecule has 40 valence electrons. The van der Waals surface area contributed by atoms with Crippen LogP contribution in [0.15, 0.2) is 11.6 Å². The molecule has 1 heterocycles. The summed E-state index contributed by atoms with van der Waals surface area (Å²) >= 11 is 1.57. The molecule has 0 spiro atoms. The molecule has 1 aliphatic heterocycles. The van der Waals surface area contributed by atoms with Crippen molar-refractivity contribution in [3.8, 4) is 0 Å². The molecule has 0 aromatic heterocycles. The molecule has 0 fully saturated rings. The first-order chi connectivity index (χ1) is 3.30. The fourth-order valence-corrected chi connectivity index (χ4v) is 1.40. The molecule has 0 radical (unpaired) electrons. The topological polar surface area (TPSA) is 20.2 Å². The zero-order valence-electron chi connectivity index (χ0n) is 4.22. The highest BCUT2D eigenvalue weighted by atomic mass is 32.2. The van der Waals surface area contributed by atoms with Gasteiger partial charge >= 0.3 is 0 Å². The van der Waals surface area contributed by atoms with Crippen LogP contribution in [0.5, 0.6) is 0 Å². The van der Waals surface area contributed by atoms with Crippen LogP contribution in [0.25, 0.3) is 0 Å². The maximum Gasteiger partial charge on any atom is 0.121 e. The van der Waals surface area contributed by atoms with Gasteiger partial charge in [-0.15, -0.1) is 11.8 Å². The molecule has 0 saturated heterocycles. The first kappa shape index (κ1) is 5.19. The highest BCUT2D eigenvalue weighted by Crippen LogP contribution is 2.23. The van der Waals surface area contributed by atoms with Crippen LogP contribution in [0.3, 0.4) is 0 Å². The van der Waals surface area contributed by atoms with Gasteiger partial charge in [-0.3, -0.25) is 0 Å². The Kier molecular flexibility index (Phi) is 1.40. The summed E-state index contributed by atoms with van der Waals surface area (Å²) in [4.78, 5) is 0. The Morgan fingerprint density at radius 3 is 2.86 bits per heavy atom. The van der Waals surface area contributed by atoms with E-state index in [-0.39, 0.29) is 5.44 Å². The average molecular weight is 116 g/mol. The van der Waals surface area contributed by atoms with Crippen molar-refractivity contribution in [2.45, 2.75) is 12.4 Å². The van der Waals surface area contributed by atoms with Gasteiger partial charge in [-0.1, -0.05) is 6.08 Å². The molecule has 0 aromatic rings. The van der Waals surface area contributed by atoms with Gasteiger partial charge in [0.2, 0.25) is 0 Å². The monoisotopic (exact) mass is 116 g/mol. The summed E-state index contributed by atoms with van der Waals surface area (Å²) in [5.74, 6) is 0.979. The van der Waals surface area contributed by atoms with E-state index in [2.05, 4.69) is 6.08 Å². The Morgan fingerprint density at radius 2 is 2.71 bits per heavy atom. The van der Waals surface area contributed by atoms with Gasteiger partial charge in [0, 0.05) is 5.75 Å². The van der Waals surface area contributed by atoms with Crippen LogP contribution in [0.4, 0.5) is 0 Å². The van der Waals surface area contributed by atoms with E-state index >= 15 is 0 Å². The van der Waals surface area contributed by atoms with Crippen LogP contribution in [0.2, 0.25) is 0 Å². The largest absolute Gasteiger partial charge is 0.378 e. The second-order valence-corrected chi connectivity index (χ2v) is 2.75. The third kappa shape index (κ3) is 0.983. The molecule has 1 rings (SSSR count). The van der Waals surface area contributed by atoms with Crippen molar-refractivity contribution in [2.24, 2.45) is 0 Å². The molecular formula is C5H8OS. The number of hydrogen-bond donors (Lipinski definition) is 1. The summed E-state index contributed by atoms with van der Waals surface area (Å²) in [6.07, 6.45) is 2.05. The van der Waals surface area contributed by atoms with E-state index in [1.165, 1.54) is 0 Å². The van der Waals surface area contributed by atoms with E-state index in [4.69, 9.17) is 5.11 Å². The lowest BCUT2D eigenvalue weighted by atomic mass is 10.3. The normalized spacial score (nSPS) is 30.6. The fraction of sp³-hybridized carbons (Fsp3) is 0.600. The minimum atomic E-state index is -0.208. The number of hydrogen-bond acceptors (Lipinski definition) is 2. The second kappa shape index (κ2) is 1.88. The maximum atomic E-state index is 8.89. The van der Waals surface area contributed by atoms with Crippen molar-refractivity contribution in [1.82, 2.24) is 0 Å². The summed E-state index contributed by atoms with van der Waals surface area (Å²) in [5, 5.41) is 8.89. The Morgan fingerprint density at radius 1 is 2.00 bits per heavy atom. The molecule has 1 unspecified atom stereocenters. The predicted molar refractivity (Wildman–Crippen MR) is 32.2 cm³/mol. The molecule has 0 saturated carbocycles. The van der Waals surface area contributed by atoms with Crippen molar-refractivity contribution in [2.75, 3.05) is 5.75 Å². The van der Waals surface area contributed by atoms with Gasteiger partial charge < -0.3 is 5.11 Å². The lowest BCUT2D eigenvalue weighted by Gasteiger charge is -1.97. The number of aliphatic hydroxyl groups excluding tert-OH is 1. The number of thioether (sulfide) groups is 1. The highest BCUT2D eigenvalue weighted by Gasteiger charge is 2.10. The highest BCUT2D eigenvalue weighted by molar-refractivity contribution is 8.00. The predicted octanol–water partition coefficient (Wildman–Crippen LogP) is 0.998. The van der Waals surface area contributed by atoms with Gasteiger partial charge in [-0.25, -0.2) is 0 Å². The zero-order valence-corrected chi connectivity index (χ0v) is 5.03. The maximum absolute atomic E-state index is 8.89. The number of rotatable bonds is 0. The summed E-state index contributed by atoms with van der Waals surface area (Å²) in [5.41, 5.74) is 0.894. The smallest absolute Gasteiger partial charge is 0.121 e. The standard InChI is InChI=1S/C5H8OS/c1-4-2-3-7-5(4)6/h2,5-6H,3H2,1H3. The van der Waals surface area contributed by atoms with Gasteiger partial charge in [0.25, 0.3) is 0 Å². The molecule has 0 aliphatic carbocycles. The Bertz CT molecular complexity index is 98.3. The molecule has 0 amide bonds. The zero-order chi connectivity index (χ0) is 5.28. The summed E-state index contributed by atoms with van der Waals surface area (Å²) in [7, 11) is 0. The number of aliphatic hydroxyl groups is 1. The minimum absolute atomic E-state index is 0.208. The van der Waals surface area contributed by atoms with Crippen molar-refractivity contribution >= 4 is 11.8 Å². The van der Waals surface area contributed by atoms with Crippen LogP contribution in [0.1, 0.15) is 6.92 Å². The van der Waals surface area contributed by atoms with E-state index in [0.717, 1.165) is 11.3 Å².